The summed E-state index contributed by atoms with van der Waals surface area (Å²) in [6, 6.07) is 2.02. The predicted molar refractivity (Wildman–Crippen MR) is 111 cm³/mol. The van der Waals surface area contributed by atoms with Crippen molar-refractivity contribution in [2.45, 2.75) is 26.2 Å². The van der Waals surface area contributed by atoms with Gasteiger partial charge in [0.2, 0.25) is 0 Å². The number of ether oxygens (including phenoxy) is 1. The minimum Gasteiger partial charge on any atom is -0.383 e. The molecule has 146 valence electrons. The summed E-state index contributed by atoms with van der Waals surface area (Å²) in [6.45, 7) is 3.52. The van der Waals surface area contributed by atoms with E-state index >= 15 is 0 Å². The van der Waals surface area contributed by atoms with Gasteiger partial charge in [-0.15, -0.1) is 0 Å². The monoisotopic (exact) mass is 378 g/mol. The molecular formula is C21H26N6O. The van der Waals surface area contributed by atoms with Crippen LogP contribution >= 0.6 is 0 Å². The van der Waals surface area contributed by atoms with Gasteiger partial charge in [-0.25, -0.2) is 9.97 Å². The van der Waals surface area contributed by atoms with E-state index in [9.17, 15) is 0 Å². The quantitative estimate of drug-likeness (QED) is 0.617. The van der Waals surface area contributed by atoms with Gasteiger partial charge in [0, 0.05) is 61.0 Å². The number of nitrogens with zero attached hydrogens (tertiary/aromatic N) is 4. The molecule has 3 aromatic rings. The number of H-pyrrole nitrogens is 1. The molecule has 28 heavy (non-hydrogen) atoms. The molecule has 0 spiro atoms. The molecule has 0 saturated carbocycles. The SMILES string of the molecule is CCc1[nH]c2c(c1-c1cc(NCCOC)ncn1)C=C(c1cnn(C)c1)CC2. The zero-order valence-electron chi connectivity index (χ0n) is 16.6. The van der Waals surface area contributed by atoms with Crippen LogP contribution < -0.4 is 5.32 Å². The second-order valence-corrected chi connectivity index (χ2v) is 7.00. The Hall–Kier alpha value is -2.93. The van der Waals surface area contributed by atoms with Crippen molar-refractivity contribution in [1.29, 1.82) is 0 Å². The van der Waals surface area contributed by atoms with E-state index in [2.05, 4.69) is 44.6 Å². The zero-order valence-corrected chi connectivity index (χ0v) is 16.6. The van der Waals surface area contributed by atoms with E-state index in [1.54, 1.807) is 13.4 Å². The first kappa shape index (κ1) is 18.4. The minimum absolute atomic E-state index is 0.635. The van der Waals surface area contributed by atoms with Gasteiger partial charge in [0.25, 0.3) is 0 Å². The van der Waals surface area contributed by atoms with Crippen LogP contribution in [0.5, 0.6) is 0 Å². The van der Waals surface area contributed by atoms with Crippen molar-refractivity contribution in [3.8, 4) is 11.3 Å². The second kappa shape index (κ2) is 7.98. The van der Waals surface area contributed by atoms with E-state index in [1.165, 1.54) is 33.7 Å². The Morgan fingerprint density at radius 2 is 2.18 bits per heavy atom. The fourth-order valence-electron chi connectivity index (χ4n) is 3.73. The van der Waals surface area contributed by atoms with Crippen LogP contribution in [0.25, 0.3) is 22.9 Å². The first-order valence-corrected chi connectivity index (χ1v) is 9.68. The molecule has 0 saturated heterocycles. The Morgan fingerprint density at radius 1 is 1.29 bits per heavy atom. The van der Waals surface area contributed by atoms with Crippen molar-refractivity contribution in [2.24, 2.45) is 7.05 Å². The van der Waals surface area contributed by atoms with E-state index in [0.29, 0.717) is 13.2 Å². The molecule has 4 rings (SSSR count). The van der Waals surface area contributed by atoms with E-state index in [0.717, 1.165) is 30.8 Å². The molecule has 3 aromatic heterocycles. The van der Waals surface area contributed by atoms with Crippen LogP contribution in [0.1, 0.15) is 35.9 Å². The molecule has 0 aliphatic heterocycles. The van der Waals surface area contributed by atoms with E-state index in [4.69, 9.17) is 4.74 Å². The molecule has 0 bridgehead atoms. The van der Waals surface area contributed by atoms with Crippen molar-refractivity contribution < 1.29 is 4.74 Å². The summed E-state index contributed by atoms with van der Waals surface area (Å²) in [4.78, 5) is 12.6. The molecule has 0 aromatic carbocycles. The average Bonchev–Trinajstić information content (AvgIpc) is 3.31. The van der Waals surface area contributed by atoms with E-state index < -0.39 is 0 Å². The second-order valence-electron chi connectivity index (χ2n) is 7.00. The molecule has 0 fully saturated rings. The lowest BCUT2D eigenvalue weighted by atomic mass is 9.91. The van der Waals surface area contributed by atoms with Gasteiger partial charge in [0.05, 0.1) is 18.5 Å². The third-order valence-electron chi connectivity index (χ3n) is 5.13. The summed E-state index contributed by atoms with van der Waals surface area (Å²) in [7, 11) is 3.65. The highest BCUT2D eigenvalue weighted by molar-refractivity contribution is 5.90. The van der Waals surface area contributed by atoms with Crippen LogP contribution in [0.3, 0.4) is 0 Å². The van der Waals surface area contributed by atoms with Crippen LogP contribution in [0.15, 0.2) is 24.8 Å². The number of hydrogen-bond acceptors (Lipinski definition) is 5. The maximum Gasteiger partial charge on any atom is 0.130 e. The summed E-state index contributed by atoms with van der Waals surface area (Å²) in [5.41, 5.74) is 8.36. The van der Waals surface area contributed by atoms with Gasteiger partial charge < -0.3 is 15.0 Å². The predicted octanol–water partition coefficient (Wildman–Crippen LogP) is 3.31. The van der Waals surface area contributed by atoms with Crippen LogP contribution in [0, 0.1) is 0 Å². The molecule has 7 nitrogen and oxygen atoms in total. The number of rotatable bonds is 7. The Kier molecular flexibility index (Phi) is 5.25. The molecular weight excluding hydrogens is 352 g/mol. The molecule has 0 atom stereocenters. The summed E-state index contributed by atoms with van der Waals surface area (Å²) >= 11 is 0. The Labute approximate surface area is 164 Å². The largest absolute Gasteiger partial charge is 0.383 e. The van der Waals surface area contributed by atoms with Gasteiger partial charge in [-0.05, 0) is 30.9 Å². The molecule has 2 N–H and O–H groups in total. The number of anilines is 1. The van der Waals surface area contributed by atoms with Gasteiger partial charge in [-0.2, -0.15) is 5.10 Å². The number of fused-ring (bicyclic) bond motifs is 1. The molecule has 7 heteroatoms. The molecule has 1 aliphatic rings. The van der Waals surface area contributed by atoms with Gasteiger partial charge in [-0.3, -0.25) is 4.68 Å². The summed E-state index contributed by atoms with van der Waals surface area (Å²) in [5, 5.41) is 7.62. The maximum atomic E-state index is 5.11. The lowest BCUT2D eigenvalue weighted by molar-refractivity contribution is 0.210. The Bertz CT molecular complexity index is 1000. The van der Waals surface area contributed by atoms with Gasteiger partial charge >= 0.3 is 0 Å². The summed E-state index contributed by atoms with van der Waals surface area (Å²) in [6.07, 6.45) is 10.9. The number of nitrogens with one attached hydrogen (secondary N) is 2. The zero-order chi connectivity index (χ0) is 19.5. The van der Waals surface area contributed by atoms with E-state index in [-0.39, 0.29) is 0 Å². The van der Waals surface area contributed by atoms with Crippen LogP contribution in [-0.2, 0) is 24.6 Å². The fourth-order valence-corrected chi connectivity index (χ4v) is 3.73. The molecule has 0 unspecified atom stereocenters. The smallest absolute Gasteiger partial charge is 0.130 e. The number of aromatic nitrogens is 5. The highest BCUT2D eigenvalue weighted by Crippen LogP contribution is 2.38. The van der Waals surface area contributed by atoms with Gasteiger partial charge in [-0.1, -0.05) is 6.92 Å². The Balaban J connectivity index is 1.74. The van der Waals surface area contributed by atoms with Crippen LogP contribution in [0.4, 0.5) is 5.82 Å². The standard InChI is InChI=1S/C21H26N6O/c1-4-17-21(19-10-20(24-13-23-19)22-7-8-28-3)16-9-14(5-6-18(16)26-17)15-11-25-27(2)12-15/h9-13,26H,4-8H2,1-3H3,(H,22,23,24). The molecule has 0 amide bonds. The minimum atomic E-state index is 0.635. The number of methoxy groups -OCH3 is 1. The number of aromatic amines is 1. The fraction of sp³-hybridized carbons (Fsp3) is 0.381. The van der Waals surface area contributed by atoms with Gasteiger partial charge in [0.15, 0.2) is 0 Å². The van der Waals surface area contributed by atoms with Crippen LogP contribution in [-0.4, -0.2) is 45.0 Å². The Morgan fingerprint density at radius 3 is 2.93 bits per heavy atom. The summed E-state index contributed by atoms with van der Waals surface area (Å²) in [5.74, 6) is 0.811. The van der Waals surface area contributed by atoms with Crippen molar-refractivity contribution in [2.75, 3.05) is 25.6 Å². The normalized spacial score (nSPS) is 13.3. The average molecular weight is 378 g/mol. The highest BCUT2D eigenvalue weighted by Gasteiger charge is 2.22. The van der Waals surface area contributed by atoms with Crippen molar-refractivity contribution in [3.05, 3.63) is 47.3 Å². The van der Waals surface area contributed by atoms with Crippen molar-refractivity contribution in [1.82, 2.24) is 24.7 Å². The number of allylic oxidation sites excluding steroid dienone is 1. The lowest BCUT2D eigenvalue weighted by Crippen LogP contribution is -2.09. The third kappa shape index (κ3) is 3.57. The lowest BCUT2D eigenvalue weighted by Gasteiger charge is -2.14. The van der Waals surface area contributed by atoms with Crippen molar-refractivity contribution >= 4 is 17.5 Å². The molecule has 0 radical (unpaired) electrons. The number of hydrogen-bond donors (Lipinski definition) is 2. The third-order valence-corrected chi connectivity index (χ3v) is 5.13. The first-order valence-electron chi connectivity index (χ1n) is 9.68. The first-order chi connectivity index (χ1) is 13.7. The van der Waals surface area contributed by atoms with Gasteiger partial charge in [0.1, 0.15) is 12.1 Å². The molecule has 3 heterocycles. The van der Waals surface area contributed by atoms with Crippen molar-refractivity contribution in [3.63, 3.8) is 0 Å². The molecule has 1 aliphatic carbocycles. The van der Waals surface area contributed by atoms with Crippen LogP contribution in [0.2, 0.25) is 0 Å². The number of aryl methyl sites for hydroxylation is 3. The highest BCUT2D eigenvalue weighted by atomic mass is 16.5. The summed E-state index contributed by atoms with van der Waals surface area (Å²) < 4.78 is 6.96. The maximum absolute atomic E-state index is 5.11. The van der Waals surface area contributed by atoms with E-state index in [1.807, 2.05) is 24.0 Å². The topological polar surface area (TPSA) is 80.7 Å².